The van der Waals surface area contributed by atoms with E-state index in [2.05, 4.69) is 46.0 Å². The average Bonchev–Trinajstić information content (AvgIpc) is 3.33. The summed E-state index contributed by atoms with van der Waals surface area (Å²) in [5.74, 6) is 0.130. The summed E-state index contributed by atoms with van der Waals surface area (Å²) < 4.78 is 1.80. The number of nitrogens with zero attached hydrogens (tertiary/aromatic N) is 3. The summed E-state index contributed by atoms with van der Waals surface area (Å²) in [6.45, 7) is 14.2. The van der Waals surface area contributed by atoms with Crippen molar-refractivity contribution in [1.82, 2.24) is 14.7 Å². The van der Waals surface area contributed by atoms with Crippen molar-refractivity contribution in [3.8, 4) is 16.8 Å². The van der Waals surface area contributed by atoms with Crippen molar-refractivity contribution in [3.05, 3.63) is 101 Å². The van der Waals surface area contributed by atoms with Gasteiger partial charge in [0.2, 0.25) is 5.91 Å². The second-order valence-electron chi connectivity index (χ2n) is 11.3. The summed E-state index contributed by atoms with van der Waals surface area (Å²) in [6.07, 6.45) is 0. The molecule has 0 aliphatic rings. The van der Waals surface area contributed by atoms with E-state index in [0.717, 1.165) is 33.6 Å². The fourth-order valence-corrected chi connectivity index (χ4v) is 4.41. The SMILES string of the molecule is Cc1cccc(-n2nc(C(C)(C)C)cc2NC(=O)CN(C(=O)c2ccc(-c3ccccc3)cc2)C(C)C)c1C. The van der Waals surface area contributed by atoms with Gasteiger partial charge in [0.25, 0.3) is 5.91 Å². The van der Waals surface area contributed by atoms with Gasteiger partial charge >= 0.3 is 0 Å². The Balaban J connectivity index is 1.57. The Bertz CT molecular complexity index is 1460. The molecule has 0 saturated heterocycles. The van der Waals surface area contributed by atoms with Crippen LogP contribution in [-0.2, 0) is 10.2 Å². The van der Waals surface area contributed by atoms with Crippen molar-refractivity contribution in [2.75, 3.05) is 11.9 Å². The average molecular weight is 523 g/mol. The van der Waals surface area contributed by atoms with E-state index in [9.17, 15) is 9.59 Å². The third kappa shape index (κ3) is 6.28. The predicted molar refractivity (Wildman–Crippen MR) is 158 cm³/mol. The number of benzene rings is 3. The van der Waals surface area contributed by atoms with Crippen LogP contribution in [0.4, 0.5) is 5.82 Å². The molecule has 6 heteroatoms. The van der Waals surface area contributed by atoms with Gasteiger partial charge in [0.05, 0.1) is 11.4 Å². The van der Waals surface area contributed by atoms with Crippen molar-refractivity contribution < 1.29 is 9.59 Å². The number of carbonyl (C=O) groups excluding carboxylic acids is 2. The third-order valence-electron chi connectivity index (χ3n) is 6.99. The third-order valence-corrected chi connectivity index (χ3v) is 6.99. The molecule has 1 aromatic heterocycles. The Kier molecular flexibility index (Phi) is 8.05. The number of aromatic nitrogens is 2. The van der Waals surface area contributed by atoms with Crippen molar-refractivity contribution in [2.24, 2.45) is 0 Å². The minimum Gasteiger partial charge on any atom is -0.327 e. The monoisotopic (exact) mass is 522 g/mol. The van der Waals surface area contributed by atoms with Gasteiger partial charge < -0.3 is 10.2 Å². The number of anilines is 1. The van der Waals surface area contributed by atoms with Gasteiger partial charge in [-0.15, -0.1) is 0 Å². The fraction of sp³-hybridized carbons (Fsp3) is 0.303. The van der Waals surface area contributed by atoms with Gasteiger partial charge in [0.15, 0.2) is 0 Å². The molecule has 0 spiro atoms. The van der Waals surface area contributed by atoms with E-state index in [0.29, 0.717) is 11.4 Å². The highest BCUT2D eigenvalue weighted by Gasteiger charge is 2.25. The first-order valence-corrected chi connectivity index (χ1v) is 13.4. The molecule has 0 aliphatic carbocycles. The number of carbonyl (C=O) groups is 2. The molecule has 2 amide bonds. The molecule has 4 aromatic rings. The molecule has 4 rings (SSSR count). The van der Waals surface area contributed by atoms with E-state index in [1.54, 1.807) is 9.58 Å². The number of amides is 2. The molecular weight excluding hydrogens is 484 g/mol. The number of rotatable bonds is 7. The van der Waals surface area contributed by atoms with Crippen LogP contribution in [0.2, 0.25) is 0 Å². The van der Waals surface area contributed by atoms with Crippen LogP contribution in [0.3, 0.4) is 0 Å². The Labute approximate surface area is 231 Å². The quantitative estimate of drug-likeness (QED) is 0.286. The lowest BCUT2D eigenvalue weighted by Crippen LogP contribution is -2.42. The normalized spacial score (nSPS) is 11.5. The topological polar surface area (TPSA) is 67.2 Å². The Morgan fingerprint density at radius 2 is 1.54 bits per heavy atom. The first-order valence-electron chi connectivity index (χ1n) is 13.4. The molecular formula is C33H38N4O2. The van der Waals surface area contributed by atoms with Crippen LogP contribution >= 0.6 is 0 Å². The highest BCUT2D eigenvalue weighted by Crippen LogP contribution is 2.28. The van der Waals surface area contributed by atoms with Crippen LogP contribution < -0.4 is 5.32 Å². The maximum absolute atomic E-state index is 13.5. The van der Waals surface area contributed by atoms with E-state index < -0.39 is 0 Å². The summed E-state index contributed by atoms with van der Waals surface area (Å²) in [7, 11) is 0. The van der Waals surface area contributed by atoms with Crippen LogP contribution in [0.15, 0.2) is 78.9 Å². The second-order valence-corrected chi connectivity index (χ2v) is 11.3. The number of nitrogens with one attached hydrogen (secondary N) is 1. The van der Waals surface area contributed by atoms with Gasteiger partial charge in [-0.05, 0) is 68.1 Å². The Morgan fingerprint density at radius 1 is 0.897 bits per heavy atom. The smallest absolute Gasteiger partial charge is 0.254 e. The van der Waals surface area contributed by atoms with Gasteiger partial charge in [-0.2, -0.15) is 5.10 Å². The molecule has 0 radical (unpaired) electrons. The maximum Gasteiger partial charge on any atom is 0.254 e. The van der Waals surface area contributed by atoms with Crippen LogP contribution in [0.1, 0.15) is 61.8 Å². The molecule has 1 N–H and O–H groups in total. The van der Waals surface area contributed by atoms with Crippen LogP contribution in [-0.4, -0.2) is 39.1 Å². The van der Waals surface area contributed by atoms with E-state index in [1.165, 1.54) is 0 Å². The maximum atomic E-state index is 13.5. The van der Waals surface area contributed by atoms with E-state index in [4.69, 9.17) is 5.10 Å². The van der Waals surface area contributed by atoms with Gasteiger partial charge in [-0.25, -0.2) is 4.68 Å². The zero-order valence-electron chi connectivity index (χ0n) is 23.9. The van der Waals surface area contributed by atoms with E-state index in [-0.39, 0.29) is 29.8 Å². The van der Waals surface area contributed by atoms with Gasteiger partial charge in [0.1, 0.15) is 12.4 Å². The summed E-state index contributed by atoms with van der Waals surface area (Å²) in [4.78, 5) is 28.4. The molecule has 3 aromatic carbocycles. The highest BCUT2D eigenvalue weighted by molar-refractivity contribution is 5.99. The molecule has 202 valence electrons. The first-order chi connectivity index (χ1) is 18.5. The number of hydrogen-bond acceptors (Lipinski definition) is 3. The summed E-state index contributed by atoms with van der Waals surface area (Å²) in [5, 5.41) is 7.90. The standard InChI is InChI=1S/C33H38N4O2/c1-22(2)36(32(39)27-18-16-26(17-19-27)25-13-9-8-10-14-25)21-31(38)34-30-20-29(33(5,6)7)35-37(30)28-15-11-12-23(3)24(28)4/h8-20,22H,21H2,1-7H3,(H,34,38). The number of hydrogen-bond donors (Lipinski definition) is 1. The first kappa shape index (κ1) is 27.8. The van der Waals surface area contributed by atoms with Gasteiger partial charge in [-0.3, -0.25) is 9.59 Å². The Morgan fingerprint density at radius 3 is 2.15 bits per heavy atom. The van der Waals surface area contributed by atoms with Crippen molar-refractivity contribution in [3.63, 3.8) is 0 Å². The summed E-state index contributed by atoms with van der Waals surface area (Å²) in [6, 6.07) is 25.4. The fourth-order valence-electron chi connectivity index (χ4n) is 4.41. The zero-order chi connectivity index (χ0) is 28.3. The lowest BCUT2D eigenvalue weighted by molar-refractivity contribution is -0.117. The van der Waals surface area contributed by atoms with Gasteiger partial charge in [-0.1, -0.05) is 75.4 Å². The predicted octanol–water partition coefficient (Wildman–Crippen LogP) is 6.94. The van der Waals surface area contributed by atoms with E-state index >= 15 is 0 Å². The molecule has 0 bridgehead atoms. The molecule has 39 heavy (non-hydrogen) atoms. The van der Waals surface area contributed by atoms with Crippen LogP contribution in [0.25, 0.3) is 16.8 Å². The minimum absolute atomic E-state index is 0.0697. The molecule has 0 unspecified atom stereocenters. The number of aryl methyl sites for hydroxylation is 1. The van der Waals surface area contributed by atoms with Crippen LogP contribution in [0, 0.1) is 13.8 Å². The highest BCUT2D eigenvalue weighted by atomic mass is 16.2. The summed E-state index contributed by atoms with van der Waals surface area (Å²) in [5.41, 5.74) is 6.49. The van der Waals surface area contributed by atoms with Crippen molar-refractivity contribution in [1.29, 1.82) is 0 Å². The molecule has 6 nitrogen and oxygen atoms in total. The van der Waals surface area contributed by atoms with Crippen LogP contribution in [0.5, 0.6) is 0 Å². The minimum atomic E-state index is -0.273. The molecule has 0 fully saturated rings. The molecule has 0 saturated carbocycles. The lowest BCUT2D eigenvalue weighted by Gasteiger charge is -2.26. The van der Waals surface area contributed by atoms with Crippen molar-refractivity contribution in [2.45, 2.75) is 59.9 Å². The largest absolute Gasteiger partial charge is 0.327 e. The molecule has 1 heterocycles. The zero-order valence-corrected chi connectivity index (χ0v) is 23.9. The van der Waals surface area contributed by atoms with Crippen molar-refractivity contribution >= 4 is 17.6 Å². The second kappa shape index (κ2) is 11.3. The lowest BCUT2D eigenvalue weighted by atomic mass is 9.92. The van der Waals surface area contributed by atoms with Gasteiger partial charge in [0, 0.05) is 23.1 Å². The Hall–Kier alpha value is -4.19. The summed E-state index contributed by atoms with van der Waals surface area (Å²) >= 11 is 0. The molecule has 0 atom stereocenters. The molecule has 0 aliphatic heterocycles. The van der Waals surface area contributed by atoms with E-state index in [1.807, 2.05) is 86.6 Å².